The van der Waals surface area contributed by atoms with E-state index in [2.05, 4.69) is 19.2 Å². The molecule has 1 aromatic heterocycles. The summed E-state index contributed by atoms with van der Waals surface area (Å²) in [6.45, 7) is 6.39. The van der Waals surface area contributed by atoms with Crippen LogP contribution in [0.1, 0.15) is 48.3 Å². The van der Waals surface area contributed by atoms with E-state index in [9.17, 15) is 4.79 Å². The number of hydrogen-bond donors (Lipinski definition) is 2. The maximum Gasteiger partial charge on any atom is 0.261 e. The molecule has 0 spiro atoms. The highest BCUT2D eigenvalue weighted by molar-refractivity contribution is 7.12. The van der Waals surface area contributed by atoms with Crippen LogP contribution in [-0.4, -0.2) is 23.7 Å². The Kier molecular flexibility index (Phi) is 4.96. The molecule has 1 rings (SSSR count). The molecule has 90 valence electrons. The van der Waals surface area contributed by atoms with Gasteiger partial charge in [-0.15, -0.1) is 11.3 Å². The van der Waals surface area contributed by atoms with Crippen molar-refractivity contribution in [3.05, 3.63) is 21.9 Å². The van der Waals surface area contributed by atoms with Gasteiger partial charge in [0.2, 0.25) is 0 Å². The zero-order chi connectivity index (χ0) is 12.1. The molecule has 4 heteroatoms. The molecular weight excluding hydrogens is 222 g/mol. The van der Waals surface area contributed by atoms with Crippen molar-refractivity contribution < 1.29 is 9.90 Å². The molecule has 0 bridgehead atoms. The van der Waals surface area contributed by atoms with Crippen LogP contribution in [-0.2, 0) is 0 Å². The first kappa shape index (κ1) is 13.2. The predicted molar refractivity (Wildman–Crippen MR) is 67.0 cm³/mol. The van der Waals surface area contributed by atoms with Crippen LogP contribution in [0.2, 0.25) is 0 Å². The Hall–Kier alpha value is -0.870. The Balaban J connectivity index is 2.56. The largest absolute Gasteiger partial charge is 0.393 e. The molecule has 1 unspecified atom stereocenters. The Morgan fingerprint density at radius 1 is 1.50 bits per heavy atom. The first-order valence-electron chi connectivity index (χ1n) is 5.56. The van der Waals surface area contributed by atoms with E-state index < -0.39 is 0 Å². The van der Waals surface area contributed by atoms with Gasteiger partial charge in [0.25, 0.3) is 5.91 Å². The predicted octanol–water partition coefficient (Wildman–Crippen LogP) is 2.37. The average molecular weight is 241 g/mol. The van der Waals surface area contributed by atoms with Crippen LogP contribution < -0.4 is 5.32 Å². The molecule has 1 heterocycles. The number of aliphatic hydroxyl groups is 1. The Labute approximate surface area is 100 Å². The number of carbonyl (C=O) groups excluding carboxylic acids is 1. The van der Waals surface area contributed by atoms with Gasteiger partial charge in [0, 0.05) is 6.54 Å². The first-order valence-corrected chi connectivity index (χ1v) is 6.44. The molecular formula is C12H19NO2S. The Bertz CT molecular complexity index is 345. The maximum atomic E-state index is 11.8. The average Bonchev–Trinajstić information content (AvgIpc) is 2.65. The molecule has 0 aliphatic rings. The Morgan fingerprint density at radius 2 is 2.19 bits per heavy atom. The number of thiophene rings is 1. The van der Waals surface area contributed by atoms with Gasteiger partial charge in [-0.25, -0.2) is 0 Å². The molecule has 0 aliphatic heterocycles. The smallest absolute Gasteiger partial charge is 0.261 e. The summed E-state index contributed by atoms with van der Waals surface area (Å²) in [6.07, 6.45) is 0.224. The topological polar surface area (TPSA) is 49.3 Å². The van der Waals surface area contributed by atoms with Crippen LogP contribution in [0.25, 0.3) is 0 Å². The highest BCUT2D eigenvalue weighted by Gasteiger charge is 2.14. The normalized spacial score (nSPS) is 12.8. The van der Waals surface area contributed by atoms with Crippen LogP contribution >= 0.6 is 11.3 Å². The highest BCUT2D eigenvalue weighted by atomic mass is 32.1. The molecule has 3 nitrogen and oxygen atoms in total. The molecule has 0 fully saturated rings. The summed E-state index contributed by atoms with van der Waals surface area (Å²) >= 11 is 1.47. The third-order valence-electron chi connectivity index (χ3n) is 2.37. The Morgan fingerprint density at radius 3 is 2.75 bits per heavy atom. The molecule has 0 saturated heterocycles. The number of carbonyl (C=O) groups is 1. The zero-order valence-corrected chi connectivity index (χ0v) is 10.8. The summed E-state index contributed by atoms with van der Waals surface area (Å²) in [5, 5.41) is 13.9. The van der Waals surface area contributed by atoms with Crippen LogP contribution in [0.3, 0.4) is 0 Å². The van der Waals surface area contributed by atoms with Crippen molar-refractivity contribution in [3.63, 3.8) is 0 Å². The highest BCUT2D eigenvalue weighted by Crippen LogP contribution is 2.24. The van der Waals surface area contributed by atoms with E-state index in [0.717, 1.165) is 10.4 Å². The van der Waals surface area contributed by atoms with Gasteiger partial charge in [0.05, 0.1) is 11.0 Å². The minimum Gasteiger partial charge on any atom is -0.393 e. The summed E-state index contributed by atoms with van der Waals surface area (Å²) in [6, 6.07) is 2.00. The second-order valence-electron chi connectivity index (χ2n) is 4.25. The van der Waals surface area contributed by atoms with Crippen molar-refractivity contribution in [1.82, 2.24) is 5.32 Å². The van der Waals surface area contributed by atoms with Gasteiger partial charge in [-0.1, -0.05) is 13.8 Å². The summed E-state index contributed by atoms with van der Waals surface area (Å²) in [4.78, 5) is 12.6. The molecule has 2 N–H and O–H groups in total. The van der Waals surface area contributed by atoms with Crippen LogP contribution in [0.15, 0.2) is 11.4 Å². The van der Waals surface area contributed by atoms with Gasteiger partial charge in [0.1, 0.15) is 0 Å². The van der Waals surface area contributed by atoms with Gasteiger partial charge >= 0.3 is 0 Å². The molecule has 0 saturated carbocycles. The van der Waals surface area contributed by atoms with Crippen LogP contribution in [0.4, 0.5) is 0 Å². The van der Waals surface area contributed by atoms with Gasteiger partial charge in [-0.2, -0.15) is 0 Å². The van der Waals surface area contributed by atoms with Crippen molar-refractivity contribution in [2.24, 2.45) is 0 Å². The summed E-state index contributed by atoms with van der Waals surface area (Å²) in [7, 11) is 0. The fourth-order valence-electron chi connectivity index (χ4n) is 1.43. The molecule has 0 aliphatic carbocycles. The zero-order valence-electron chi connectivity index (χ0n) is 9.99. The van der Waals surface area contributed by atoms with Crippen molar-refractivity contribution in [2.75, 3.05) is 6.54 Å². The fourth-order valence-corrected chi connectivity index (χ4v) is 2.40. The molecule has 0 radical (unpaired) electrons. The summed E-state index contributed by atoms with van der Waals surface area (Å²) < 4.78 is 0. The number of hydrogen-bond acceptors (Lipinski definition) is 3. The van der Waals surface area contributed by atoms with Gasteiger partial charge in [-0.3, -0.25) is 4.79 Å². The quantitative estimate of drug-likeness (QED) is 0.831. The fraction of sp³-hybridized carbons (Fsp3) is 0.583. The third-order valence-corrected chi connectivity index (χ3v) is 3.30. The van der Waals surface area contributed by atoms with E-state index >= 15 is 0 Å². The number of amides is 1. The second-order valence-corrected chi connectivity index (χ2v) is 5.17. The summed E-state index contributed by atoms with van der Waals surface area (Å²) in [5.74, 6) is 0.336. The number of rotatable bonds is 5. The second kappa shape index (κ2) is 6.01. The standard InChI is InChI=1S/C12H19NO2S/c1-8(2)10-5-7-16-11(10)12(15)13-6-4-9(3)14/h5,7-9,14H,4,6H2,1-3H3,(H,13,15). The van der Waals surface area contributed by atoms with Gasteiger partial charge in [-0.05, 0) is 36.3 Å². The van der Waals surface area contributed by atoms with Crippen molar-refractivity contribution in [2.45, 2.75) is 39.2 Å². The monoisotopic (exact) mass is 241 g/mol. The van der Waals surface area contributed by atoms with E-state index in [4.69, 9.17) is 5.11 Å². The molecule has 0 aromatic carbocycles. The van der Waals surface area contributed by atoms with Crippen molar-refractivity contribution in [1.29, 1.82) is 0 Å². The minimum atomic E-state index is -0.367. The van der Waals surface area contributed by atoms with Crippen molar-refractivity contribution >= 4 is 17.2 Å². The lowest BCUT2D eigenvalue weighted by atomic mass is 10.0. The van der Waals surface area contributed by atoms with Crippen molar-refractivity contribution in [3.8, 4) is 0 Å². The van der Waals surface area contributed by atoms with Gasteiger partial charge < -0.3 is 10.4 Å². The molecule has 1 atom stereocenters. The van der Waals surface area contributed by atoms with Gasteiger partial charge in [0.15, 0.2) is 0 Å². The van der Waals surface area contributed by atoms with Crippen LogP contribution in [0, 0.1) is 0 Å². The van der Waals surface area contributed by atoms with E-state index in [0.29, 0.717) is 18.9 Å². The van der Waals surface area contributed by atoms with E-state index in [1.807, 2.05) is 11.4 Å². The lowest BCUT2D eigenvalue weighted by Gasteiger charge is -2.09. The van der Waals surface area contributed by atoms with E-state index in [-0.39, 0.29) is 12.0 Å². The molecule has 1 aromatic rings. The third kappa shape index (κ3) is 3.61. The SMILES string of the molecule is CC(O)CCNC(=O)c1sccc1C(C)C. The van der Waals surface area contributed by atoms with Crippen LogP contribution in [0.5, 0.6) is 0 Å². The number of nitrogens with one attached hydrogen (secondary N) is 1. The van der Waals surface area contributed by atoms with E-state index in [1.165, 1.54) is 11.3 Å². The summed E-state index contributed by atoms with van der Waals surface area (Å²) in [5.41, 5.74) is 1.10. The lowest BCUT2D eigenvalue weighted by molar-refractivity contribution is 0.0948. The lowest BCUT2D eigenvalue weighted by Crippen LogP contribution is -2.26. The maximum absolute atomic E-state index is 11.8. The van der Waals surface area contributed by atoms with E-state index in [1.54, 1.807) is 6.92 Å². The minimum absolute atomic E-state index is 0.0284. The molecule has 16 heavy (non-hydrogen) atoms. The number of aliphatic hydroxyl groups excluding tert-OH is 1. The first-order chi connectivity index (χ1) is 7.52. The molecule has 1 amide bonds.